The van der Waals surface area contributed by atoms with Crippen LogP contribution in [0.2, 0.25) is 0 Å². The van der Waals surface area contributed by atoms with Gasteiger partial charge in [0.05, 0.1) is 7.11 Å². The molecule has 33 heavy (non-hydrogen) atoms. The third kappa shape index (κ3) is 4.79. The molecule has 0 aliphatic heterocycles. The van der Waals surface area contributed by atoms with Gasteiger partial charge in [-0.15, -0.1) is 0 Å². The zero-order chi connectivity index (χ0) is 23.4. The molecule has 1 aromatic heterocycles. The van der Waals surface area contributed by atoms with Crippen LogP contribution in [-0.2, 0) is 16.0 Å². The summed E-state index contributed by atoms with van der Waals surface area (Å²) in [6.07, 6.45) is 0.943. The van der Waals surface area contributed by atoms with Gasteiger partial charge in [0.25, 0.3) is 5.91 Å². The minimum absolute atomic E-state index is 0.217. The van der Waals surface area contributed by atoms with E-state index in [1.165, 1.54) is 30.9 Å². The van der Waals surface area contributed by atoms with Crippen LogP contribution in [-0.4, -0.2) is 30.2 Å². The summed E-state index contributed by atoms with van der Waals surface area (Å²) in [6.45, 7) is 1.77. The maximum absolute atomic E-state index is 13.1. The molecule has 4 aromatic rings. The minimum Gasteiger partial charge on any atom is -0.482 e. The van der Waals surface area contributed by atoms with E-state index in [0.717, 1.165) is 11.0 Å². The molecule has 1 heterocycles. The molecular weight excluding hydrogens is 426 g/mol. The van der Waals surface area contributed by atoms with Gasteiger partial charge in [-0.25, -0.2) is 14.2 Å². The van der Waals surface area contributed by atoms with Gasteiger partial charge in [-0.1, -0.05) is 19.1 Å². The molecule has 0 spiro atoms. The summed E-state index contributed by atoms with van der Waals surface area (Å²) in [7, 11) is 1.25. The summed E-state index contributed by atoms with van der Waals surface area (Å²) in [6, 6.07) is 18.7. The van der Waals surface area contributed by atoms with Crippen molar-refractivity contribution < 1.29 is 28.2 Å². The Hall–Kier alpha value is -4.33. The fourth-order valence-corrected chi connectivity index (χ4v) is 3.20. The molecule has 0 bridgehead atoms. The van der Waals surface area contributed by atoms with Crippen LogP contribution in [0, 0.1) is 0 Å². The first-order valence-corrected chi connectivity index (χ1v) is 10.2. The van der Waals surface area contributed by atoms with Gasteiger partial charge in [0.15, 0.2) is 12.2 Å². The van der Waals surface area contributed by atoms with Crippen molar-refractivity contribution in [2.45, 2.75) is 13.3 Å². The highest BCUT2D eigenvalue weighted by atomic mass is 16.6. The molecule has 0 unspecified atom stereocenters. The molecule has 0 N–H and O–H groups in total. The van der Waals surface area contributed by atoms with Crippen molar-refractivity contribution >= 4 is 23.0 Å². The van der Waals surface area contributed by atoms with Crippen LogP contribution >= 0.6 is 0 Å². The van der Waals surface area contributed by atoms with E-state index in [1.54, 1.807) is 24.3 Å². The lowest BCUT2D eigenvalue weighted by atomic mass is 10.1. The van der Waals surface area contributed by atoms with E-state index in [0.29, 0.717) is 11.5 Å². The highest BCUT2D eigenvalue weighted by molar-refractivity contribution is 6.00. The zero-order valence-electron chi connectivity index (χ0n) is 18.1. The maximum Gasteiger partial charge on any atom is 0.427 e. The number of hydrogen-bond acceptors (Lipinski definition) is 7. The van der Waals surface area contributed by atoms with Crippen LogP contribution in [0.1, 0.15) is 22.8 Å². The zero-order valence-corrected chi connectivity index (χ0v) is 18.1. The number of aromatic nitrogens is 1. The number of carbonyl (C=O) groups is 2. The molecule has 3 aromatic carbocycles. The van der Waals surface area contributed by atoms with Crippen LogP contribution < -0.4 is 15.2 Å². The van der Waals surface area contributed by atoms with E-state index >= 15 is 0 Å². The van der Waals surface area contributed by atoms with Crippen LogP contribution in [0.4, 0.5) is 0 Å². The van der Waals surface area contributed by atoms with E-state index in [1.807, 2.05) is 24.3 Å². The number of oxazole rings is 1. The lowest BCUT2D eigenvalue weighted by Crippen LogP contribution is -2.23. The first kappa shape index (κ1) is 21.9. The summed E-state index contributed by atoms with van der Waals surface area (Å²) in [4.78, 5) is 36.7. The Labute approximate surface area is 188 Å². The van der Waals surface area contributed by atoms with Gasteiger partial charge in [-0.05, 0) is 60.5 Å². The van der Waals surface area contributed by atoms with E-state index in [4.69, 9.17) is 13.9 Å². The average Bonchev–Trinajstić information content (AvgIpc) is 3.17. The van der Waals surface area contributed by atoms with Crippen LogP contribution in [0.3, 0.4) is 0 Å². The van der Waals surface area contributed by atoms with Crippen molar-refractivity contribution in [1.29, 1.82) is 0 Å². The molecule has 0 fully saturated rings. The van der Waals surface area contributed by atoms with Crippen molar-refractivity contribution in [2.24, 2.45) is 0 Å². The predicted molar refractivity (Wildman–Crippen MR) is 120 cm³/mol. The van der Waals surface area contributed by atoms with Gasteiger partial charge >= 0.3 is 11.7 Å². The topological polar surface area (TPSA) is 97.0 Å². The molecule has 4 rings (SSSR count). The van der Waals surface area contributed by atoms with Gasteiger partial charge in [-0.3, -0.25) is 4.79 Å². The number of carbonyl (C=O) groups excluding carboxylic acids is 2. The van der Waals surface area contributed by atoms with Gasteiger partial charge in [0, 0.05) is 11.6 Å². The Balaban J connectivity index is 1.56. The number of fused-ring (bicyclic) bond motifs is 1. The molecule has 0 aliphatic rings. The number of rotatable bonds is 7. The normalized spacial score (nSPS) is 10.7. The second-order valence-corrected chi connectivity index (χ2v) is 7.13. The number of ether oxygens (including phenoxy) is 3. The SMILES string of the molecule is CCc1ccc(Oc2ccc(C(=O)n3c(=O)oc4ccc(OCC(=O)OC)cc43)cc2)cc1. The molecule has 0 saturated carbocycles. The van der Waals surface area contributed by atoms with Crippen LogP contribution in [0.15, 0.2) is 75.9 Å². The Morgan fingerprint density at radius 1 is 0.909 bits per heavy atom. The van der Waals surface area contributed by atoms with Crippen molar-refractivity contribution in [3.8, 4) is 17.2 Å². The Bertz CT molecular complexity index is 1350. The third-order valence-corrected chi connectivity index (χ3v) is 5.01. The van der Waals surface area contributed by atoms with Gasteiger partial charge in [0.1, 0.15) is 22.8 Å². The molecule has 0 amide bonds. The van der Waals surface area contributed by atoms with Gasteiger partial charge in [-0.2, -0.15) is 0 Å². The second kappa shape index (κ2) is 9.44. The molecule has 0 aliphatic carbocycles. The largest absolute Gasteiger partial charge is 0.482 e. The number of esters is 1. The molecule has 0 atom stereocenters. The summed E-state index contributed by atoms with van der Waals surface area (Å²) >= 11 is 0. The Kier molecular flexibility index (Phi) is 6.26. The highest BCUT2D eigenvalue weighted by Crippen LogP contribution is 2.24. The van der Waals surface area contributed by atoms with Crippen LogP contribution in [0.5, 0.6) is 17.2 Å². The van der Waals surface area contributed by atoms with Crippen molar-refractivity contribution in [3.63, 3.8) is 0 Å². The number of methoxy groups -OCH3 is 1. The van der Waals surface area contributed by atoms with Crippen molar-refractivity contribution in [3.05, 3.63) is 88.4 Å². The molecule has 8 nitrogen and oxygen atoms in total. The Morgan fingerprint density at radius 2 is 1.55 bits per heavy atom. The maximum atomic E-state index is 13.1. The lowest BCUT2D eigenvalue weighted by Gasteiger charge is -2.08. The molecule has 168 valence electrons. The summed E-state index contributed by atoms with van der Waals surface area (Å²) in [5.41, 5.74) is 1.92. The number of benzene rings is 3. The third-order valence-electron chi connectivity index (χ3n) is 5.01. The van der Waals surface area contributed by atoms with Gasteiger partial charge in [0.2, 0.25) is 0 Å². The fourth-order valence-electron chi connectivity index (χ4n) is 3.20. The fraction of sp³-hybridized carbons (Fsp3) is 0.160. The molecule has 8 heteroatoms. The summed E-state index contributed by atoms with van der Waals surface area (Å²) in [5.74, 6) is -0.423. The highest BCUT2D eigenvalue weighted by Gasteiger charge is 2.19. The van der Waals surface area contributed by atoms with Gasteiger partial charge < -0.3 is 18.6 Å². The number of aryl methyl sites for hydroxylation is 1. The molecule has 0 saturated heterocycles. The van der Waals surface area contributed by atoms with E-state index in [2.05, 4.69) is 11.7 Å². The quantitative estimate of drug-likeness (QED) is 0.392. The predicted octanol–water partition coefficient (Wildman–Crippen LogP) is 4.19. The first-order valence-electron chi connectivity index (χ1n) is 10.2. The van der Waals surface area contributed by atoms with E-state index < -0.39 is 17.6 Å². The smallest absolute Gasteiger partial charge is 0.427 e. The minimum atomic E-state index is -0.823. The molecule has 0 radical (unpaired) electrons. The van der Waals surface area contributed by atoms with Crippen molar-refractivity contribution in [2.75, 3.05) is 13.7 Å². The average molecular weight is 447 g/mol. The van der Waals surface area contributed by atoms with Crippen LogP contribution in [0.25, 0.3) is 11.1 Å². The molecular formula is C25H21NO7. The first-order chi connectivity index (χ1) is 16.0. The van der Waals surface area contributed by atoms with E-state index in [9.17, 15) is 14.4 Å². The number of nitrogens with zero attached hydrogens (tertiary/aromatic N) is 1. The summed E-state index contributed by atoms with van der Waals surface area (Å²) < 4.78 is 21.8. The second-order valence-electron chi connectivity index (χ2n) is 7.13. The number of hydrogen-bond donors (Lipinski definition) is 0. The standard InChI is InChI=1S/C25H21NO7/c1-3-16-4-8-18(9-5-16)32-19-10-6-17(7-11-19)24(28)26-21-14-20(31-15-23(27)30-2)12-13-22(21)33-25(26)29/h4-14H,3,15H2,1-2H3. The van der Waals surface area contributed by atoms with Crippen molar-refractivity contribution in [1.82, 2.24) is 4.57 Å². The van der Waals surface area contributed by atoms with E-state index in [-0.39, 0.29) is 29.0 Å². The monoisotopic (exact) mass is 447 g/mol. The Morgan fingerprint density at radius 3 is 2.18 bits per heavy atom. The summed E-state index contributed by atoms with van der Waals surface area (Å²) in [5, 5.41) is 0. The lowest BCUT2D eigenvalue weighted by molar-refractivity contribution is -0.142.